The maximum Gasteiger partial charge on any atom is 0.106 e. The molecule has 12 heavy (non-hydrogen) atoms. The number of hydrogen-bond donors (Lipinski definition) is 2. The van der Waals surface area contributed by atoms with Gasteiger partial charge in [0.25, 0.3) is 0 Å². The molecule has 0 fully saturated rings. The van der Waals surface area contributed by atoms with E-state index in [1.807, 2.05) is 30.3 Å². The molecule has 0 heterocycles. The summed E-state index contributed by atoms with van der Waals surface area (Å²) in [5, 5.41) is 8.69. The average Bonchev–Trinajstić information content (AvgIpc) is 2.15. The molecule has 3 heteroatoms. The smallest absolute Gasteiger partial charge is 0.106 e. The van der Waals surface area contributed by atoms with Crippen molar-refractivity contribution in [1.29, 1.82) is 0 Å². The highest BCUT2D eigenvalue weighted by molar-refractivity contribution is 5.17. The Morgan fingerprint density at radius 2 is 2.00 bits per heavy atom. The van der Waals surface area contributed by atoms with E-state index < -0.39 is 0 Å². The van der Waals surface area contributed by atoms with Gasteiger partial charge in [-0.05, 0) is 5.56 Å². The first-order valence-corrected chi connectivity index (χ1v) is 3.90. The third kappa shape index (κ3) is 2.30. The second kappa shape index (κ2) is 4.87. The molecular formula is C9H13NO2. The first kappa shape index (κ1) is 9.19. The van der Waals surface area contributed by atoms with Crippen molar-refractivity contribution in [3.8, 4) is 0 Å². The number of rotatable bonds is 4. The fraction of sp³-hybridized carbons (Fsp3) is 0.333. The van der Waals surface area contributed by atoms with Gasteiger partial charge in [0.1, 0.15) is 6.10 Å². The summed E-state index contributed by atoms with van der Waals surface area (Å²) in [6.45, 7) is 0.0801. The lowest BCUT2D eigenvalue weighted by Gasteiger charge is -2.12. The first-order chi connectivity index (χ1) is 5.88. The van der Waals surface area contributed by atoms with E-state index in [9.17, 15) is 0 Å². The Hall–Kier alpha value is -0.900. The average molecular weight is 167 g/mol. The van der Waals surface area contributed by atoms with Gasteiger partial charge in [0.15, 0.2) is 0 Å². The van der Waals surface area contributed by atoms with Crippen LogP contribution in [0.1, 0.15) is 18.1 Å². The van der Waals surface area contributed by atoms with Crippen molar-refractivity contribution in [2.45, 2.75) is 12.5 Å². The number of aliphatic hydroxyl groups excluding tert-OH is 1. The van der Waals surface area contributed by atoms with Crippen molar-refractivity contribution in [3.63, 3.8) is 0 Å². The zero-order valence-electron chi connectivity index (χ0n) is 6.81. The molecule has 0 bridgehead atoms. The van der Waals surface area contributed by atoms with Crippen LogP contribution in [0.15, 0.2) is 30.3 Å². The predicted octanol–water partition coefficient (Wildman–Crippen LogP) is 1.00. The highest BCUT2D eigenvalue weighted by atomic mass is 16.6. The Labute approximate surface area is 71.7 Å². The lowest BCUT2D eigenvalue weighted by molar-refractivity contribution is 0.0342. The lowest BCUT2D eigenvalue weighted by Crippen LogP contribution is -2.10. The van der Waals surface area contributed by atoms with Gasteiger partial charge in [-0.25, -0.2) is 5.90 Å². The summed E-state index contributed by atoms with van der Waals surface area (Å²) >= 11 is 0. The maximum atomic E-state index is 8.69. The molecule has 3 N–H and O–H groups in total. The van der Waals surface area contributed by atoms with E-state index in [4.69, 9.17) is 15.8 Å². The van der Waals surface area contributed by atoms with E-state index in [1.165, 1.54) is 0 Å². The second-order valence-electron chi connectivity index (χ2n) is 2.55. The molecule has 1 rings (SSSR count). The van der Waals surface area contributed by atoms with Crippen molar-refractivity contribution in [2.24, 2.45) is 5.90 Å². The van der Waals surface area contributed by atoms with Gasteiger partial charge < -0.3 is 5.11 Å². The molecule has 0 aliphatic carbocycles. The summed E-state index contributed by atoms with van der Waals surface area (Å²) in [7, 11) is 0. The third-order valence-electron chi connectivity index (χ3n) is 1.73. The maximum absolute atomic E-state index is 8.69. The van der Waals surface area contributed by atoms with Crippen molar-refractivity contribution in [1.82, 2.24) is 0 Å². The van der Waals surface area contributed by atoms with E-state index in [0.29, 0.717) is 6.42 Å². The van der Waals surface area contributed by atoms with E-state index >= 15 is 0 Å². The number of benzene rings is 1. The van der Waals surface area contributed by atoms with E-state index in [0.717, 1.165) is 5.56 Å². The lowest BCUT2D eigenvalue weighted by atomic mass is 10.1. The molecule has 0 radical (unpaired) electrons. The van der Waals surface area contributed by atoms with Gasteiger partial charge in [-0.3, -0.25) is 4.84 Å². The molecule has 1 aromatic carbocycles. The minimum absolute atomic E-state index is 0.0801. The minimum Gasteiger partial charge on any atom is -0.396 e. The molecule has 1 aromatic rings. The summed E-state index contributed by atoms with van der Waals surface area (Å²) in [5.41, 5.74) is 0.994. The van der Waals surface area contributed by atoms with Crippen molar-refractivity contribution >= 4 is 0 Å². The molecular weight excluding hydrogens is 154 g/mol. The van der Waals surface area contributed by atoms with Crippen LogP contribution in [-0.4, -0.2) is 11.7 Å². The Kier molecular flexibility index (Phi) is 3.73. The van der Waals surface area contributed by atoms with E-state index in [-0.39, 0.29) is 12.7 Å². The van der Waals surface area contributed by atoms with Crippen molar-refractivity contribution < 1.29 is 9.94 Å². The van der Waals surface area contributed by atoms with Gasteiger partial charge in [-0.1, -0.05) is 30.3 Å². The molecule has 0 aliphatic heterocycles. The number of aliphatic hydroxyl groups is 1. The van der Waals surface area contributed by atoms with Gasteiger partial charge >= 0.3 is 0 Å². The molecule has 0 saturated carbocycles. The Morgan fingerprint density at radius 1 is 1.33 bits per heavy atom. The Bertz CT molecular complexity index is 213. The molecule has 0 aromatic heterocycles. The van der Waals surface area contributed by atoms with Gasteiger partial charge in [-0.2, -0.15) is 0 Å². The fourth-order valence-corrected chi connectivity index (χ4v) is 1.10. The summed E-state index contributed by atoms with van der Waals surface area (Å²) in [4.78, 5) is 4.72. The molecule has 0 aliphatic rings. The highest BCUT2D eigenvalue weighted by Gasteiger charge is 2.08. The summed E-state index contributed by atoms with van der Waals surface area (Å²) < 4.78 is 0. The van der Waals surface area contributed by atoms with Crippen molar-refractivity contribution in [3.05, 3.63) is 35.9 Å². The number of nitrogens with two attached hydrogens (primary N) is 1. The zero-order chi connectivity index (χ0) is 8.81. The van der Waals surface area contributed by atoms with E-state index in [1.54, 1.807) is 0 Å². The van der Waals surface area contributed by atoms with Gasteiger partial charge in [0.05, 0.1) is 0 Å². The largest absolute Gasteiger partial charge is 0.396 e. The Balaban J connectivity index is 2.66. The van der Waals surface area contributed by atoms with Gasteiger partial charge in [0.2, 0.25) is 0 Å². The molecule has 1 atom stereocenters. The summed E-state index contributed by atoms with van der Waals surface area (Å²) in [6.07, 6.45) is 0.330. The van der Waals surface area contributed by atoms with Gasteiger partial charge in [-0.15, -0.1) is 0 Å². The predicted molar refractivity (Wildman–Crippen MR) is 46.2 cm³/mol. The van der Waals surface area contributed by atoms with Crippen molar-refractivity contribution in [2.75, 3.05) is 6.61 Å². The van der Waals surface area contributed by atoms with Crippen LogP contribution in [-0.2, 0) is 4.84 Å². The van der Waals surface area contributed by atoms with Crippen LogP contribution in [0, 0.1) is 0 Å². The van der Waals surface area contributed by atoms with Crippen LogP contribution in [0.25, 0.3) is 0 Å². The summed E-state index contributed by atoms with van der Waals surface area (Å²) in [5.74, 6) is 5.08. The first-order valence-electron chi connectivity index (χ1n) is 3.90. The fourth-order valence-electron chi connectivity index (χ4n) is 1.10. The zero-order valence-corrected chi connectivity index (χ0v) is 6.81. The minimum atomic E-state index is -0.198. The van der Waals surface area contributed by atoms with E-state index in [2.05, 4.69) is 0 Å². The van der Waals surface area contributed by atoms with Crippen LogP contribution in [0.4, 0.5) is 0 Å². The van der Waals surface area contributed by atoms with Crippen LogP contribution in [0.5, 0.6) is 0 Å². The topological polar surface area (TPSA) is 55.5 Å². The molecule has 66 valence electrons. The molecule has 0 amide bonds. The van der Waals surface area contributed by atoms with Crippen LogP contribution >= 0.6 is 0 Å². The Morgan fingerprint density at radius 3 is 2.50 bits per heavy atom. The highest BCUT2D eigenvalue weighted by Crippen LogP contribution is 2.17. The molecule has 3 nitrogen and oxygen atoms in total. The van der Waals surface area contributed by atoms with Gasteiger partial charge in [0, 0.05) is 13.0 Å². The molecule has 0 saturated heterocycles. The number of hydrogen-bond acceptors (Lipinski definition) is 3. The normalized spacial score (nSPS) is 12.8. The second-order valence-corrected chi connectivity index (χ2v) is 2.55. The van der Waals surface area contributed by atoms with Crippen LogP contribution in [0.3, 0.4) is 0 Å². The SMILES string of the molecule is NO[C@@H](CCO)c1ccccc1. The quantitative estimate of drug-likeness (QED) is 0.658. The monoisotopic (exact) mass is 167 g/mol. The van der Waals surface area contributed by atoms with Crippen LogP contribution < -0.4 is 5.90 Å². The van der Waals surface area contributed by atoms with Crippen LogP contribution in [0.2, 0.25) is 0 Å². The summed E-state index contributed by atoms with van der Waals surface area (Å²) in [6, 6.07) is 9.61. The standard InChI is InChI=1S/C9H13NO2/c10-12-9(6-7-11)8-4-2-1-3-5-8/h1-5,9,11H,6-7,10H2/t9-/m0/s1. The third-order valence-corrected chi connectivity index (χ3v) is 1.73. The molecule has 0 unspecified atom stereocenters. The molecule has 0 spiro atoms.